The number of hydrogen-bond donors (Lipinski definition) is 0. The molecule has 2 rings (SSSR count). The fraction of sp³-hybridized carbons (Fsp3) is 0.500. The van der Waals surface area contributed by atoms with Crippen LogP contribution in [0.25, 0.3) is 0 Å². The molecule has 2 atom stereocenters. The van der Waals surface area contributed by atoms with Crippen LogP contribution in [0.1, 0.15) is 51.0 Å². The first-order valence-electron chi connectivity index (χ1n) is 7.44. The number of benzene rings is 1. The molecule has 0 heterocycles. The molecule has 1 aliphatic rings. The standard InChI is InChI=1S/C18H22O.W/c1-15(2)9-8-14-19-18-13-7-6-12-17(18)16-10-4-3-5-11-16;/h3-5,10-11,15,17-18H,6-7,12-13H2,1-2H3;/t17-,18+;/m0./s1. The molecule has 0 spiro atoms. The molecule has 0 radical (unpaired) electrons. The number of ether oxygens (including phenoxy) is 1. The van der Waals surface area contributed by atoms with Gasteiger partial charge in [-0.05, 0) is 0 Å². The third kappa shape index (κ3) is 4.69. The Morgan fingerprint density at radius 3 is 2.60 bits per heavy atom. The first-order chi connectivity index (χ1) is 9.66. The summed E-state index contributed by atoms with van der Waals surface area (Å²) in [5.41, 5.74) is 1.41. The van der Waals surface area contributed by atoms with Crippen LogP contribution >= 0.6 is 0 Å². The van der Waals surface area contributed by atoms with E-state index in [-0.39, 0.29) is 0 Å². The SMILES string of the molecule is CC(C)C#C[C](=[W])O[C@@H]1CCCC[C@H]1c1ccccc1. The van der Waals surface area contributed by atoms with Crippen LogP contribution in [0.2, 0.25) is 0 Å². The number of rotatable bonds is 3. The van der Waals surface area contributed by atoms with E-state index >= 15 is 0 Å². The van der Waals surface area contributed by atoms with Gasteiger partial charge in [0.25, 0.3) is 0 Å². The third-order valence-electron chi connectivity index (χ3n) is 3.65. The Labute approximate surface area is 133 Å². The van der Waals surface area contributed by atoms with Crippen molar-refractivity contribution >= 4 is 4.08 Å². The van der Waals surface area contributed by atoms with E-state index < -0.39 is 0 Å². The molecule has 0 amide bonds. The normalized spacial score (nSPS) is 22.1. The Kier molecular flexibility index (Phi) is 6.21. The molecular weight excluding hydrogens is 416 g/mol. The molecule has 20 heavy (non-hydrogen) atoms. The van der Waals surface area contributed by atoms with Crippen molar-refractivity contribution in [3.8, 4) is 11.8 Å². The van der Waals surface area contributed by atoms with Crippen molar-refractivity contribution in [1.82, 2.24) is 0 Å². The van der Waals surface area contributed by atoms with E-state index in [0.29, 0.717) is 17.9 Å². The van der Waals surface area contributed by atoms with Gasteiger partial charge in [0.05, 0.1) is 0 Å². The Bertz CT molecular complexity index is 495. The molecule has 1 aromatic carbocycles. The van der Waals surface area contributed by atoms with Crippen LogP contribution in [0, 0.1) is 17.8 Å². The molecule has 1 saturated carbocycles. The second kappa shape index (κ2) is 7.92. The van der Waals surface area contributed by atoms with Crippen molar-refractivity contribution in [3.05, 3.63) is 35.9 Å². The van der Waals surface area contributed by atoms with Gasteiger partial charge in [-0.15, -0.1) is 0 Å². The van der Waals surface area contributed by atoms with E-state index in [2.05, 4.69) is 56.0 Å². The Morgan fingerprint density at radius 2 is 1.90 bits per heavy atom. The van der Waals surface area contributed by atoms with Crippen molar-refractivity contribution in [2.24, 2.45) is 5.92 Å². The summed E-state index contributed by atoms with van der Waals surface area (Å²) in [4.78, 5) is 0. The summed E-state index contributed by atoms with van der Waals surface area (Å²) < 4.78 is 7.14. The fourth-order valence-electron chi connectivity index (χ4n) is 2.69. The molecule has 1 aliphatic carbocycles. The quantitative estimate of drug-likeness (QED) is 0.647. The minimum atomic E-state index is 0.306. The third-order valence-corrected chi connectivity index (χ3v) is 4.36. The minimum absolute atomic E-state index is 0.306. The summed E-state index contributed by atoms with van der Waals surface area (Å²) in [7, 11) is 0. The summed E-state index contributed by atoms with van der Waals surface area (Å²) in [5.74, 6) is 7.32. The van der Waals surface area contributed by atoms with Crippen LogP contribution in [0.3, 0.4) is 0 Å². The molecule has 0 saturated heterocycles. The van der Waals surface area contributed by atoms with Crippen LogP contribution in [0.5, 0.6) is 0 Å². The molecule has 0 N–H and O–H groups in total. The zero-order valence-corrected chi connectivity index (χ0v) is 15.2. The summed E-state index contributed by atoms with van der Waals surface area (Å²) in [6, 6.07) is 10.8. The molecule has 0 bridgehead atoms. The summed E-state index contributed by atoms with van der Waals surface area (Å²) in [5, 5.41) is 0. The molecule has 1 nitrogen and oxygen atoms in total. The summed E-state index contributed by atoms with van der Waals surface area (Å²) in [6.07, 6.45) is 5.27. The molecule has 2 heteroatoms. The summed E-state index contributed by atoms with van der Waals surface area (Å²) in [6.45, 7) is 4.23. The second-order valence-corrected chi connectivity index (χ2v) is 7.00. The van der Waals surface area contributed by atoms with E-state index in [1.54, 1.807) is 0 Å². The Morgan fingerprint density at radius 1 is 1.20 bits per heavy atom. The Balaban J connectivity index is 2.05. The monoisotopic (exact) mass is 438 g/mol. The molecule has 0 aliphatic heterocycles. The second-order valence-electron chi connectivity index (χ2n) is 5.67. The maximum atomic E-state index is 6.19. The van der Waals surface area contributed by atoms with E-state index in [1.165, 1.54) is 44.2 Å². The van der Waals surface area contributed by atoms with Gasteiger partial charge in [-0.3, -0.25) is 0 Å². The van der Waals surface area contributed by atoms with Crippen molar-refractivity contribution in [2.75, 3.05) is 0 Å². The van der Waals surface area contributed by atoms with Crippen LogP contribution in [0.4, 0.5) is 0 Å². The first-order valence-corrected chi connectivity index (χ1v) is 8.90. The van der Waals surface area contributed by atoms with E-state index in [9.17, 15) is 0 Å². The van der Waals surface area contributed by atoms with Gasteiger partial charge in [0.2, 0.25) is 0 Å². The van der Waals surface area contributed by atoms with Crippen LogP contribution in [0.15, 0.2) is 30.3 Å². The van der Waals surface area contributed by atoms with Crippen molar-refractivity contribution in [1.29, 1.82) is 0 Å². The zero-order valence-electron chi connectivity index (χ0n) is 12.3. The van der Waals surface area contributed by atoms with Crippen LogP contribution in [-0.4, -0.2) is 10.2 Å². The van der Waals surface area contributed by atoms with Crippen LogP contribution < -0.4 is 0 Å². The summed E-state index contributed by atoms with van der Waals surface area (Å²) >= 11 is 1.34. The van der Waals surface area contributed by atoms with Gasteiger partial charge in [-0.25, -0.2) is 0 Å². The Hall–Kier alpha value is -0.702. The molecule has 1 aromatic rings. The van der Waals surface area contributed by atoms with Gasteiger partial charge in [-0.1, -0.05) is 0 Å². The van der Waals surface area contributed by atoms with Crippen molar-refractivity contribution < 1.29 is 24.1 Å². The predicted octanol–water partition coefficient (Wildman–Crippen LogP) is 4.07. The average Bonchev–Trinajstić information content (AvgIpc) is 2.47. The first kappa shape index (κ1) is 15.7. The molecule has 106 valence electrons. The topological polar surface area (TPSA) is 9.23 Å². The fourth-order valence-corrected chi connectivity index (χ4v) is 3.35. The molecule has 1 fully saturated rings. The van der Waals surface area contributed by atoms with Gasteiger partial charge in [0, 0.05) is 0 Å². The van der Waals surface area contributed by atoms with E-state index in [1.807, 2.05) is 0 Å². The van der Waals surface area contributed by atoms with Gasteiger partial charge in [0.15, 0.2) is 0 Å². The van der Waals surface area contributed by atoms with Gasteiger partial charge < -0.3 is 0 Å². The molecular formula is C18H22OW. The van der Waals surface area contributed by atoms with E-state index in [4.69, 9.17) is 4.74 Å². The van der Waals surface area contributed by atoms with Crippen molar-refractivity contribution in [2.45, 2.75) is 51.6 Å². The van der Waals surface area contributed by atoms with Gasteiger partial charge in [-0.2, -0.15) is 0 Å². The maximum absolute atomic E-state index is 6.19. The number of hydrogen-bond acceptors (Lipinski definition) is 1. The molecule has 0 aromatic heterocycles. The van der Waals surface area contributed by atoms with Crippen molar-refractivity contribution in [3.63, 3.8) is 0 Å². The van der Waals surface area contributed by atoms with Gasteiger partial charge >= 0.3 is 133 Å². The average molecular weight is 438 g/mol. The van der Waals surface area contributed by atoms with Crippen LogP contribution in [-0.2, 0) is 24.1 Å². The van der Waals surface area contributed by atoms with Gasteiger partial charge in [0.1, 0.15) is 0 Å². The zero-order chi connectivity index (χ0) is 14.4. The van der Waals surface area contributed by atoms with E-state index in [0.717, 1.165) is 10.5 Å². The molecule has 0 unspecified atom stereocenters. The predicted molar refractivity (Wildman–Crippen MR) is 80.1 cm³/mol.